The molecule has 3 saturated heterocycles. The Kier molecular flexibility index (Phi) is 2.49. The highest BCUT2D eigenvalue weighted by molar-refractivity contribution is 5.77. The molecule has 4 rings (SSSR count). The lowest BCUT2D eigenvalue weighted by Crippen LogP contribution is -2.68. The minimum atomic E-state index is -0.980. The Labute approximate surface area is 102 Å². The van der Waals surface area contributed by atoms with Crippen molar-refractivity contribution in [1.82, 2.24) is 4.90 Å². The number of carbonyl (C=O) groups is 1. The molecule has 1 atom stereocenters. The molecular weight excluding hydrogens is 218 g/mol. The van der Waals surface area contributed by atoms with E-state index in [1.807, 2.05) is 0 Å². The van der Waals surface area contributed by atoms with Gasteiger partial charge < -0.3 is 15.1 Å². The van der Waals surface area contributed by atoms with E-state index >= 15 is 0 Å². The minimum Gasteiger partial charge on any atom is -0.481 e. The highest BCUT2D eigenvalue weighted by Gasteiger charge is 2.63. The van der Waals surface area contributed by atoms with Gasteiger partial charge in [-0.05, 0) is 44.7 Å². The topological polar surface area (TPSA) is 60.8 Å². The van der Waals surface area contributed by atoms with E-state index in [2.05, 4.69) is 4.90 Å². The Morgan fingerprint density at radius 1 is 1.18 bits per heavy atom. The number of hydrogen-bond donors (Lipinski definition) is 2. The second-order valence-electron chi connectivity index (χ2n) is 6.07. The fraction of sp³-hybridized carbons (Fsp3) is 0.923. The van der Waals surface area contributed by atoms with Crippen LogP contribution in [-0.4, -0.2) is 46.3 Å². The molecular formula is C13H21NO3. The first-order chi connectivity index (χ1) is 8.08. The maximum Gasteiger partial charge on any atom is 0.312 e. The number of nitrogens with zero attached hydrogens (tertiary/aromatic N) is 1. The lowest BCUT2D eigenvalue weighted by atomic mass is 9.59. The van der Waals surface area contributed by atoms with Crippen LogP contribution >= 0.6 is 0 Å². The second-order valence-corrected chi connectivity index (χ2v) is 6.07. The van der Waals surface area contributed by atoms with Crippen molar-refractivity contribution in [3.8, 4) is 0 Å². The van der Waals surface area contributed by atoms with E-state index in [1.165, 1.54) is 0 Å². The molecule has 1 saturated carbocycles. The van der Waals surface area contributed by atoms with Crippen LogP contribution in [0.25, 0.3) is 0 Å². The van der Waals surface area contributed by atoms with Gasteiger partial charge in [0.05, 0.1) is 11.0 Å². The molecule has 1 unspecified atom stereocenters. The maximum atomic E-state index is 11.7. The third-order valence-electron chi connectivity index (χ3n) is 5.42. The summed E-state index contributed by atoms with van der Waals surface area (Å²) in [6.45, 7) is 2.63. The van der Waals surface area contributed by atoms with Crippen LogP contribution in [0.4, 0.5) is 0 Å². The quantitative estimate of drug-likeness (QED) is 0.757. The van der Waals surface area contributed by atoms with Crippen molar-refractivity contribution in [3.63, 3.8) is 0 Å². The van der Waals surface area contributed by atoms with Gasteiger partial charge in [-0.2, -0.15) is 0 Å². The summed E-state index contributed by atoms with van der Waals surface area (Å²) >= 11 is 0. The van der Waals surface area contributed by atoms with E-state index < -0.39 is 17.0 Å². The van der Waals surface area contributed by atoms with Gasteiger partial charge in [-0.3, -0.25) is 4.79 Å². The standard InChI is InChI=1S/C13H21NO3/c15-11(16)12(5-1-2-6-12)13(17)9-14-7-3-10(13)4-8-14/h10,17H,1-9H2,(H,15,16). The molecule has 0 radical (unpaired) electrons. The monoisotopic (exact) mass is 239 g/mol. The molecule has 2 bridgehead atoms. The summed E-state index contributed by atoms with van der Waals surface area (Å²) in [4.78, 5) is 14.0. The minimum absolute atomic E-state index is 0.196. The van der Waals surface area contributed by atoms with Gasteiger partial charge in [-0.15, -0.1) is 0 Å². The fourth-order valence-corrected chi connectivity index (χ4v) is 4.39. The predicted molar refractivity (Wildman–Crippen MR) is 62.7 cm³/mol. The van der Waals surface area contributed by atoms with Crippen molar-refractivity contribution in [2.45, 2.75) is 44.1 Å². The van der Waals surface area contributed by atoms with Crippen LogP contribution in [0.1, 0.15) is 38.5 Å². The molecule has 96 valence electrons. The van der Waals surface area contributed by atoms with E-state index in [-0.39, 0.29) is 5.92 Å². The maximum absolute atomic E-state index is 11.7. The summed E-state index contributed by atoms with van der Waals surface area (Å²) in [5.41, 5.74) is -1.84. The lowest BCUT2D eigenvalue weighted by Gasteiger charge is -2.56. The first-order valence-corrected chi connectivity index (χ1v) is 6.77. The van der Waals surface area contributed by atoms with Gasteiger partial charge in [0.25, 0.3) is 0 Å². The van der Waals surface area contributed by atoms with Crippen LogP contribution in [0, 0.1) is 11.3 Å². The molecule has 4 heteroatoms. The van der Waals surface area contributed by atoms with Crippen LogP contribution in [-0.2, 0) is 4.79 Å². The SMILES string of the molecule is O=C(O)C1(C2(O)CN3CCC2CC3)CCCC1. The Hall–Kier alpha value is -0.610. The van der Waals surface area contributed by atoms with E-state index in [1.54, 1.807) is 0 Å². The smallest absolute Gasteiger partial charge is 0.312 e. The molecule has 4 nitrogen and oxygen atoms in total. The number of piperidine rings is 3. The summed E-state index contributed by atoms with van der Waals surface area (Å²) in [6.07, 6.45) is 5.13. The molecule has 3 aliphatic heterocycles. The van der Waals surface area contributed by atoms with Gasteiger partial charge in [0.1, 0.15) is 0 Å². The zero-order valence-electron chi connectivity index (χ0n) is 10.2. The number of rotatable bonds is 2. The Bertz CT molecular complexity index is 330. The number of carboxylic acids is 1. The summed E-state index contributed by atoms with van der Waals surface area (Å²) in [5.74, 6) is -0.576. The van der Waals surface area contributed by atoms with Crippen LogP contribution < -0.4 is 0 Å². The number of fused-ring (bicyclic) bond motifs is 3. The van der Waals surface area contributed by atoms with Crippen molar-refractivity contribution >= 4 is 5.97 Å². The highest BCUT2D eigenvalue weighted by Crippen LogP contribution is 2.54. The molecule has 17 heavy (non-hydrogen) atoms. The average molecular weight is 239 g/mol. The third-order valence-corrected chi connectivity index (χ3v) is 5.42. The first kappa shape index (κ1) is 11.5. The van der Waals surface area contributed by atoms with Gasteiger partial charge in [0.15, 0.2) is 0 Å². The van der Waals surface area contributed by atoms with E-state index in [0.717, 1.165) is 38.8 Å². The Morgan fingerprint density at radius 3 is 2.18 bits per heavy atom. The van der Waals surface area contributed by atoms with Gasteiger partial charge in [-0.25, -0.2) is 0 Å². The second kappa shape index (κ2) is 3.69. The van der Waals surface area contributed by atoms with Crippen molar-refractivity contribution in [2.75, 3.05) is 19.6 Å². The Morgan fingerprint density at radius 2 is 1.76 bits per heavy atom. The number of carboxylic acid groups (broad SMARTS) is 1. The number of hydrogen-bond acceptors (Lipinski definition) is 3. The van der Waals surface area contributed by atoms with Crippen LogP contribution in [0.5, 0.6) is 0 Å². The fourth-order valence-electron chi connectivity index (χ4n) is 4.39. The van der Waals surface area contributed by atoms with Crippen molar-refractivity contribution in [2.24, 2.45) is 11.3 Å². The molecule has 4 aliphatic rings. The van der Waals surface area contributed by atoms with Gasteiger partial charge >= 0.3 is 5.97 Å². The summed E-state index contributed by atoms with van der Waals surface area (Å²) < 4.78 is 0. The summed E-state index contributed by atoms with van der Waals surface area (Å²) in [7, 11) is 0. The third kappa shape index (κ3) is 1.40. The van der Waals surface area contributed by atoms with E-state index in [0.29, 0.717) is 19.4 Å². The van der Waals surface area contributed by atoms with E-state index in [9.17, 15) is 15.0 Å². The van der Waals surface area contributed by atoms with E-state index in [4.69, 9.17) is 0 Å². The zero-order valence-corrected chi connectivity index (χ0v) is 10.2. The number of aliphatic carboxylic acids is 1. The zero-order chi connectivity index (χ0) is 12.1. The average Bonchev–Trinajstić information content (AvgIpc) is 2.80. The molecule has 3 heterocycles. The largest absolute Gasteiger partial charge is 0.481 e. The molecule has 1 aliphatic carbocycles. The highest BCUT2D eigenvalue weighted by atomic mass is 16.4. The molecule has 0 aromatic carbocycles. The van der Waals surface area contributed by atoms with Crippen molar-refractivity contribution in [1.29, 1.82) is 0 Å². The van der Waals surface area contributed by atoms with Gasteiger partial charge in [0, 0.05) is 6.54 Å². The van der Waals surface area contributed by atoms with Gasteiger partial charge in [-0.1, -0.05) is 12.8 Å². The summed E-state index contributed by atoms with van der Waals surface area (Å²) in [5, 5.41) is 20.7. The van der Waals surface area contributed by atoms with Crippen molar-refractivity contribution in [3.05, 3.63) is 0 Å². The molecule has 4 fully saturated rings. The van der Waals surface area contributed by atoms with Crippen molar-refractivity contribution < 1.29 is 15.0 Å². The normalized spacial score (nSPS) is 43.8. The first-order valence-electron chi connectivity index (χ1n) is 6.77. The van der Waals surface area contributed by atoms with Crippen LogP contribution in [0.3, 0.4) is 0 Å². The number of aliphatic hydroxyl groups is 1. The van der Waals surface area contributed by atoms with Crippen LogP contribution in [0.2, 0.25) is 0 Å². The molecule has 0 spiro atoms. The van der Waals surface area contributed by atoms with Crippen LogP contribution in [0.15, 0.2) is 0 Å². The summed E-state index contributed by atoms with van der Waals surface area (Å²) in [6, 6.07) is 0. The Balaban J connectivity index is 1.98. The predicted octanol–water partition coefficient (Wildman–Crippen LogP) is 1.09. The lowest BCUT2D eigenvalue weighted by molar-refractivity contribution is -0.204. The molecule has 0 aromatic rings. The molecule has 0 aromatic heterocycles. The van der Waals surface area contributed by atoms with Gasteiger partial charge in [0.2, 0.25) is 0 Å². The molecule has 2 N–H and O–H groups in total. The molecule has 0 amide bonds.